The first-order valence-corrected chi connectivity index (χ1v) is 10.0. The molecule has 4 rings (SSSR count). The number of piperidine rings is 1. The molecular formula is C22H25N7O. The van der Waals surface area contributed by atoms with Crippen molar-refractivity contribution in [3.8, 4) is 11.8 Å². The third-order valence-electron chi connectivity index (χ3n) is 5.67. The Morgan fingerprint density at radius 1 is 1.23 bits per heavy atom. The Morgan fingerprint density at radius 3 is 2.73 bits per heavy atom. The van der Waals surface area contributed by atoms with Crippen LogP contribution in [-0.2, 0) is 6.54 Å². The van der Waals surface area contributed by atoms with Crippen LogP contribution in [0.1, 0.15) is 40.0 Å². The molecule has 1 fully saturated rings. The first-order valence-electron chi connectivity index (χ1n) is 10.0. The van der Waals surface area contributed by atoms with Gasteiger partial charge in [-0.2, -0.15) is 5.10 Å². The Hall–Kier alpha value is -3.44. The van der Waals surface area contributed by atoms with Crippen LogP contribution < -0.4 is 11.5 Å². The molecule has 2 aromatic heterocycles. The van der Waals surface area contributed by atoms with Gasteiger partial charge in [-0.3, -0.25) is 4.79 Å². The Kier molecular flexibility index (Phi) is 5.38. The topological polar surface area (TPSA) is 116 Å². The Labute approximate surface area is 175 Å². The van der Waals surface area contributed by atoms with E-state index in [1.807, 2.05) is 17.7 Å². The fourth-order valence-corrected chi connectivity index (χ4v) is 3.77. The summed E-state index contributed by atoms with van der Waals surface area (Å²) < 4.78 is 1.90. The Bertz CT molecular complexity index is 1160. The van der Waals surface area contributed by atoms with Crippen LogP contribution in [0.4, 0.5) is 5.82 Å². The van der Waals surface area contributed by atoms with Crippen LogP contribution in [0, 0.1) is 24.7 Å². The van der Waals surface area contributed by atoms with Crippen LogP contribution in [0.2, 0.25) is 0 Å². The summed E-state index contributed by atoms with van der Waals surface area (Å²) in [5.41, 5.74) is 14.9. The van der Waals surface area contributed by atoms with Crippen molar-refractivity contribution in [2.24, 2.45) is 11.7 Å². The highest BCUT2D eigenvalue weighted by atomic mass is 16.1. The summed E-state index contributed by atoms with van der Waals surface area (Å²) in [6, 6.07) is 5.22. The largest absolute Gasteiger partial charge is 0.383 e. The second-order valence-electron chi connectivity index (χ2n) is 7.88. The van der Waals surface area contributed by atoms with Crippen molar-refractivity contribution in [3.63, 3.8) is 0 Å². The fraction of sp³-hybridized carbons (Fsp3) is 0.364. The van der Waals surface area contributed by atoms with Gasteiger partial charge in [0.2, 0.25) is 5.91 Å². The molecule has 4 N–H and O–H groups in total. The molecule has 0 unspecified atom stereocenters. The maximum Gasteiger partial charge on any atom is 0.248 e. The zero-order chi connectivity index (χ0) is 21.3. The van der Waals surface area contributed by atoms with Crippen molar-refractivity contribution in [2.75, 3.05) is 25.9 Å². The normalized spacial score (nSPS) is 15.1. The molecule has 8 heteroatoms. The molecule has 0 aliphatic carbocycles. The minimum atomic E-state index is -0.483. The number of anilines is 1. The van der Waals surface area contributed by atoms with Gasteiger partial charge in [-0.15, -0.1) is 0 Å². The lowest BCUT2D eigenvalue weighted by molar-refractivity contribution is 0.1000. The Balaban J connectivity index is 1.71. The maximum absolute atomic E-state index is 11.5. The summed E-state index contributed by atoms with van der Waals surface area (Å²) in [7, 11) is 2.15. The first-order chi connectivity index (χ1) is 14.4. The predicted octanol–water partition coefficient (Wildman–Crippen LogP) is 1.56. The summed E-state index contributed by atoms with van der Waals surface area (Å²) in [6.45, 7) is 4.88. The van der Waals surface area contributed by atoms with Gasteiger partial charge in [-0.05, 0) is 69.4 Å². The average Bonchev–Trinajstić information content (AvgIpc) is 3.07. The van der Waals surface area contributed by atoms with Gasteiger partial charge >= 0.3 is 0 Å². The lowest BCUT2D eigenvalue weighted by Crippen LogP contribution is -2.32. The predicted molar refractivity (Wildman–Crippen MR) is 116 cm³/mol. The van der Waals surface area contributed by atoms with E-state index in [1.165, 1.54) is 6.33 Å². The van der Waals surface area contributed by atoms with Crippen molar-refractivity contribution in [3.05, 3.63) is 46.9 Å². The standard InChI is InChI=1S/C22H25N7O/c1-14-3-4-17(21(24)30)11-16(14)5-6-18-19-20(23)25-13-26-22(19)29(27-18)12-15-7-9-28(2)10-8-15/h3-4,11,13,15H,7-10,12H2,1-2H3,(H2,24,30)(H2,23,25,26). The molecule has 1 saturated heterocycles. The quantitative estimate of drug-likeness (QED) is 0.641. The van der Waals surface area contributed by atoms with E-state index in [0.717, 1.165) is 43.6 Å². The molecule has 0 saturated carbocycles. The van der Waals surface area contributed by atoms with Gasteiger partial charge < -0.3 is 16.4 Å². The van der Waals surface area contributed by atoms with Crippen molar-refractivity contribution in [1.29, 1.82) is 0 Å². The molecule has 1 amide bonds. The number of amides is 1. The smallest absolute Gasteiger partial charge is 0.248 e. The second-order valence-corrected chi connectivity index (χ2v) is 7.88. The number of aryl methyl sites for hydroxylation is 1. The minimum Gasteiger partial charge on any atom is -0.383 e. The van der Waals surface area contributed by atoms with Gasteiger partial charge in [0.1, 0.15) is 17.8 Å². The number of fused-ring (bicyclic) bond motifs is 1. The molecule has 0 radical (unpaired) electrons. The monoisotopic (exact) mass is 403 g/mol. The number of benzene rings is 1. The summed E-state index contributed by atoms with van der Waals surface area (Å²) >= 11 is 0. The van der Waals surface area contributed by atoms with Crippen molar-refractivity contribution in [2.45, 2.75) is 26.3 Å². The maximum atomic E-state index is 11.5. The fourth-order valence-electron chi connectivity index (χ4n) is 3.77. The molecule has 3 aromatic rings. The van der Waals surface area contributed by atoms with Gasteiger partial charge in [0, 0.05) is 17.7 Å². The van der Waals surface area contributed by atoms with Crippen LogP contribution in [0.15, 0.2) is 24.5 Å². The summed E-state index contributed by atoms with van der Waals surface area (Å²) in [5, 5.41) is 5.39. The van der Waals surface area contributed by atoms with Crippen molar-refractivity contribution in [1.82, 2.24) is 24.6 Å². The zero-order valence-corrected chi connectivity index (χ0v) is 17.2. The van der Waals surface area contributed by atoms with Crippen LogP contribution in [0.3, 0.4) is 0 Å². The number of carbonyl (C=O) groups excluding carboxylic acids is 1. The Morgan fingerprint density at radius 2 is 2.00 bits per heavy atom. The van der Waals surface area contributed by atoms with Crippen molar-refractivity contribution < 1.29 is 4.79 Å². The highest BCUT2D eigenvalue weighted by Gasteiger charge is 2.21. The van der Waals surface area contributed by atoms with Crippen molar-refractivity contribution >= 4 is 22.8 Å². The highest BCUT2D eigenvalue weighted by molar-refractivity contribution is 5.93. The van der Waals surface area contributed by atoms with E-state index < -0.39 is 5.91 Å². The van der Waals surface area contributed by atoms with Crippen LogP contribution in [0.25, 0.3) is 11.0 Å². The number of carbonyl (C=O) groups is 1. The first kappa shape index (κ1) is 19.9. The molecule has 8 nitrogen and oxygen atoms in total. The number of rotatable bonds is 3. The lowest BCUT2D eigenvalue weighted by atomic mass is 9.97. The van der Waals surface area contributed by atoms with Crippen LogP contribution in [0.5, 0.6) is 0 Å². The van der Waals surface area contributed by atoms with E-state index in [9.17, 15) is 4.79 Å². The van der Waals surface area contributed by atoms with E-state index >= 15 is 0 Å². The molecule has 0 atom stereocenters. The molecule has 1 aliphatic heterocycles. The summed E-state index contributed by atoms with van der Waals surface area (Å²) in [5.74, 6) is 6.65. The van der Waals surface area contributed by atoms with Gasteiger partial charge in [0.05, 0.1) is 5.39 Å². The number of aromatic nitrogens is 4. The minimum absolute atomic E-state index is 0.363. The summed E-state index contributed by atoms with van der Waals surface area (Å²) in [6.07, 6.45) is 3.71. The summed E-state index contributed by atoms with van der Waals surface area (Å²) in [4.78, 5) is 22.4. The number of nitrogens with zero attached hydrogens (tertiary/aromatic N) is 5. The number of hydrogen-bond acceptors (Lipinski definition) is 6. The number of hydrogen-bond donors (Lipinski definition) is 2. The number of nitrogen functional groups attached to an aromatic ring is 1. The van der Waals surface area contributed by atoms with Crippen LogP contribution in [-0.4, -0.2) is 50.7 Å². The molecular weight excluding hydrogens is 378 g/mol. The van der Waals surface area contributed by atoms with E-state index in [-0.39, 0.29) is 0 Å². The third kappa shape index (κ3) is 3.98. The van der Waals surface area contributed by atoms with Crippen LogP contribution >= 0.6 is 0 Å². The molecule has 1 aromatic carbocycles. The van der Waals surface area contributed by atoms with E-state index in [4.69, 9.17) is 16.6 Å². The second kappa shape index (κ2) is 8.13. The van der Waals surface area contributed by atoms with E-state index in [0.29, 0.717) is 34.0 Å². The zero-order valence-electron chi connectivity index (χ0n) is 17.2. The lowest BCUT2D eigenvalue weighted by Gasteiger charge is -2.28. The highest BCUT2D eigenvalue weighted by Crippen LogP contribution is 2.24. The SMILES string of the molecule is Cc1ccc(C(N)=O)cc1C#Cc1nn(CC2CCN(C)CC2)c2ncnc(N)c12. The molecule has 0 bridgehead atoms. The molecule has 0 spiro atoms. The van der Waals surface area contributed by atoms with Gasteiger partial charge in [-0.25, -0.2) is 14.6 Å². The molecule has 1 aliphatic rings. The number of nitrogens with two attached hydrogens (primary N) is 2. The van der Waals surface area contributed by atoms with E-state index in [1.54, 1.807) is 12.1 Å². The number of primary amides is 1. The third-order valence-corrected chi connectivity index (χ3v) is 5.67. The molecule has 3 heterocycles. The van der Waals surface area contributed by atoms with Gasteiger partial charge in [-0.1, -0.05) is 12.0 Å². The number of likely N-dealkylation sites (tertiary alicyclic amines) is 1. The van der Waals surface area contributed by atoms with Gasteiger partial charge in [0.15, 0.2) is 5.65 Å². The molecule has 154 valence electrons. The van der Waals surface area contributed by atoms with Gasteiger partial charge in [0.25, 0.3) is 0 Å². The average molecular weight is 403 g/mol. The van der Waals surface area contributed by atoms with E-state index in [2.05, 4.69) is 33.8 Å². The molecule has 30 heavy (non-hydrogen) atoms.